The van der Waals surface area contributed by atoms with Crippen LogP contribution < -0.4 is 10.6 Å². The van der Waals surface area contributed by atoms with Crippen LogP contribution in [0.1, 0.15) is 84.5 Å². The van der Waals surface area contributed by atoms with Crippen LogP contribution in [0.4, 0.5) is 0 Å². The Hall–Kier alpha value is -0.310. The minimum Gasteiger partial charge on any atom is -0.363 e. The summed E-state index contributed by atoms with van der Waals surface area (Å²) in [4.78, 5) is 0. The molecule has 0 atom stereocenters. The van der Waals surface area contributed by atoms with Crippen molar-refractivity contribution in [2.45, 2.75) is 84.5 Å². The molecule has 0 heterocycles. The van der Waals surface area contributed by atoms with E-state index in [-0.39, 0.29) is 0 Å². The quantitative estimate of drug-likeness (QED) is 0.376. The van der Waals surface area contributed by atoms with Gasteiger partial charge in [0.25, 0.3) is 0 Å². The lowest BCUT2D eigenvalue weighted by atomic mass is 10.1. The first kappa shape index (κ1) is 18.7. The fraction of sp³-hybridized carbons (Fsp3) is 0.938. The van der Waals surface area contributed by atoms with Crippen molar-refractivity contribution < 1.29 is 0 Å². The van der Waals surface area contributed by atoms with E-state index in [1.54, 1.807) is 0 Å². The molecule has 0 aliphatic heterocycles. The zero-order valence-electron chi connectivity index (χ0n) is 13.1. The zero-order valence-corrected chi connectivity index (χ0v) is 13.9. The van der Waals surface area contributed by atoms with E-state index in [0.717, 1.165) is 18.2 Å². The van der Waals surface area contributed by atoms with Gasteiger partial charge < -0.3 is 10.6 Å². The molecule has 0 aromatic rings. The van der Waals surface area contributed by atoms with Crippen molar-refractivity contribution >= 4 is 17.3 Å². The van der Waals surface area contributed by atoms with E-state index in [1.165, 1.54) is 70.6 Å². The minimum absolute atomic E-state index is 0.827. The summed E-state index contributed by atoms with van der Waals surface area (Å²) in [6.07, 6.45) is 14.8. The van der Waals surface area contributed by atoms with Crippen LogP contribution in [0.2, 0.25) is 0 Å². The van der Waals surface area contributed by atoms with Crippen LogP contribution in [0.5, 0.6) is 0 Å². The van der Waals surface area contributed by atoms with Gasteiger partial charge in [-0.05, 0) is 25.1 Å². The van der Waals surface area contributed by atoms with Crippen LogP contribution in [0.3, 0.4) is 0 Å². The Morgan fingerprint density at radius 2 is 1.05 bits per heavy atom. The molecule has 0 aliphatic carbocycles. The molecular weight excluding hydrogens is 252 g/mol. The van der Waals surface area contributed by atoms with E-state index >= 15 is 0 Å². The normalized spacial score (nSPS) is 10.4. The lowest BCUT2D eigenvalue weighted by Crippen LogP contribution is -2.36. The Morgan fingerprint density at radius 1 is 0.632 bits per heavy atom. The van der Waals surface area contributed by atoms with E-state index in [4.69, 9.17) is 12.2 Å². The Balaban J connectivity index is 3.07. The van der Waals surface area contributed by atoms with E-state index in [9.17, 15) is 0 Å². The van der Waals surface area contributed by atoms with Gasteiger partial charge in [0.2, 0.25) is 0 Å². The first-order valence-electron chi connectivity index (χ1n) is 8.33. The summed E-state index contributed by atoms with van der Waals surface area (Å²) < 4.78 is 0. The topological polar surface area (TPSA) is 24.1 Å². The number of unbranched alkanes of at least 4 members (excludes halogenated alkanes) is 9. The molecule has 2 nitrogen and oxygen atoms in total. The summed E-state index contributed by atoms with van der Waals surface area (Å²) in [6.45, 7) is 6.49. The Morgan fingerprint density at radius 3 is 1.58 bits per heavy atom. The van der Waals surface area contributed by atoms with E-state index in [1.807, 2.05) is 0 Å². The van der Waals surface area contributed by atoms with Gasteiger partial charge in [-0.15, -0.1) is 0 Å². The number of thiocarbonyl (C=S) groups is 1. The van der Waals surface area contributed by atoms with Gasteiger partial charge in [0.05, 0.1) is 0 Å². The molecule has 0 fully saturated rings. The Labute approximate surface area is 126 Å². The highest BCUT2D eigenvalue weighted by Crippen LogP contribution is 2.09. The number of nitrogens with one attached hydrogen (secondary N) is 2. The summed E-state index contributed by atoms with van der Waals surface area (Å²) in [5.41, 5.74) is 0. The maximum atomic E-state index is 5.21. The van der Waals surface area contributed by atoms with Crippen molar-refractivity contribution in [1.29, 1.82) is 0 Å². The van der Waals surface area contributed by atoms with Crippen molar-refractivity contribution in [3.05, 3.63) is 0 Å². The summed E-state index contributed by atoms with van der Waals surface area (Å²) in [6, 6.07) is 0. The number of hydrogen-bond donors (Lipinski definition) is 2. The van der Waals surface area contributed by atoms with E-state index in [0.29, 0.717) is 0 Å². The zero-order chi connectivity index (χ0) is 14.2. The summed E-state index contributed by atoms with van der Waals surface area (Å²) >= 11 is 5.21. The third-order valence-electron chi connectivity index (χ3n) is 3.38. The molecule has 114 valence electrons. The Bertz CT molecular complexity index is 195. The molecule has 0 spiro atoms. The molecule has 0 unspecified atom stereocenters. The van der Waals surface area contributed by atoms with Crippen molar-refractivity contribution in [2.75, 3.05) is 13.1 Å². The second-order valence-corrected chi connectivity index (χ2v) is 5.77. The van der Waals surface area contributed by atoms with Gasteiger partial charge in [-0.25, -0.2) is 0 Å². The van der Waals surface area contributed by atoms with Gasteiger partial charge in [0.1, 0.15) is 0 Å². The second kappa shape index (κ2) is 15.7. The van der Waals surface area contributed by atoms with Gasteiger partial charge in [-0.3, -0.25) is 0 Å². The third-order valence-corrected chi connectivity index (χ3v) is 3.67. The summed E-state index contributed by atoms with van der Waals surface area (Å²) in [7, 11) is 0. The first-order chi connectivity index (χ1) is 9.31. The molecule has 0 bridgehead atoms. The highest BCUT2D eigenvalue weighted by atomic mass is 32.1. The van der Waals surface area contributed by atoms with Gasteiger partial charge in [-0.2, -0.15) is 0 Å². The fourth-order valence-corrected chi connectivity index (χ4v) is 2.28. The molecule has 0 aromatic heterocycles. The van der Waals surface area contributed by atoms with Crippen molar-refractivity contribution in [1.82, 2.24) is 10.6 Å². The first-order valence-corrected chi connectivity index (χ1v) is 8.73. The maximum absolute atomic E-state index is 5.21. The van der Waals surface area contributed by atoms with Crippen LogP contribution in [0.15, 0.2) is 0 Å². The molecule has 0 rings (SSSR count). The average Bonchev–Trinajstić information content (AvgIpc) is 2.41. The van der Waals surface area contributed by atoms with Crippen LogP contribution in [-0.4, -0.2) is 18.2 Å². The highest BCUT2D eigenvalue weighted by Gasteiger charge is 1.95. The van der Waals surface area contributed by atoms with Crippen LogP contribution in [0.25, 0.3) is 0 Å². The largest absolute Gasteiger partial charge is 0.363 e. The van der Waals surface area contributed by atoms with Crippen LogP contribution in [-0.2, 0) is 0 Å². The predicted octanol–water partition coefficient (Wildman–Crippen LogP) is 4.78. The SMILES string of the molecule is CCCCCCCCCCCNC(=S)NCCCC. The Kier molecular flexibility index (Phi) is 15.5. The van der Waals surface area contributed by atoms with Gasteiger partial charge in [0.15, 0.2) is 5.11 Å². The second-order valence-electron chi connectivity index (χ2n) is 5.36. The summed E-state index contributed by atoms with van der Waals surface area (Å²) in [5.74, 6) is 0. The summed E-state index contributed by atoms with van der Waals surface area (Å²) in [5, 5.41) is 7.34. The lowest BCUT2D eigenvalue weighted by Gasteiger charge is -2.09. The number of hydrogen-bond acceptors (Lipinski definition) is 1. The lowest BCUT2D eigenvalue weighted by molar-refractivity contribution is 0.562. The molecule has 0 saturated heterocycles. The standard InChI is InChI=1S/C16H34N2S/c1-3-5-7-8-9-10-11-12-13-15-18-16(19)17-14-6-4-2/h3-15H2,1-2H3,(H2,17,18,19). The predicted molar refractivity (Wildman–Crippen MR) is 90.7 cm³/mol. The molecule has 0 radical (unpaired) electrons. The molecule has 0 aliphatic rings. The van der Waals surface area contributed by atoms with E-state index in [2.05, 4.69) is 24.5 Å². The van der Waals surface area contributed by atoms with Crippen molar-refractivity contribution in [3.63, 3.8) is 0 Å². The maximum Gasteiger partial charge on any atom is 0.166 e. The van der Waals surface area contributed by atoms with Crippen molar-refractivity contribution in [2.24, 2.45) is 0 Å². The fourth-order valence-electron chi connectivity index (χ4n) is 2.08. The highest BCUT2D eigenvalue weighted by molar-refractivity contribution is 7.80. The minimum atomic E-state index is 0.827. The third kappa shape index (κ3) is 15.6. The van der Waals surface area contributed by atoms with Crippen LogP contribution in [0, 0.1) is 0 Å². The molecule has 0 amide bonds. The number of rotatable bonds is 13. The van der Waals surface area contributed by atoms with Gasteiger partial charge in [-0.1, -0.05) is 71.6 Å². The monoisotopic (exact) mass is 286 g/mol. The van der Waals surface area contributed by atoms with Gasteiger partial charge in [0, 0.05) is 13.1 Å². The molecule has 3 heteroatoms. The van der Waals surface area contributed by atoms with Gasteiger partial charge >= 0.3 is 0 Å². The molecule has 2 N–H and O–H groups in total. The molecule has 0 saturated carbocycles. The molecular formula is C16H34N2S. The molecule has 19 heavy (non-hydrogen) atoms. The smallest absolute Gasteiger partial charge is 0.166 e. The van der Waals surface area contributed by atoms with Crippen molar-refractivity contribution in [3.8, 4) is 0 Å². The van der Waals surface area contributed by atoms with E-state index < -0.39 is 0 Å². The van der Waals surface area contributed by atoms with Crippen LogP contribution >= 0.6 is 12.2 Å². The average molecular weight is 287 g/mol. The molecule has 0 aromatic carbocycles.